The number of ether oxygens (including phenoxy) is 2. The lowest BCUT2D eigenvalue weighted by Gasteiger charge is -2.39. The minimum absolute atomic E-state index is 0.0903. The second-order valence-corrected chi connectivity index (χ2v) is 10.4. The summed E-state index contributed by atoms with van der Waals surface area (Å²) < 4.78 is 12.2. The molecular weight excluding hydrogens is 566 g/mol. The van der Waals surface area contributed by atoms with E-state index in [1.54, 1.807) is 0 Å². The first kappa shape index (κ1) is 31.8. The highest BCUT2D eigenvalue weighted by Gasteiger charge is 2.39. The van der Waals surface area contributed by atoms with Crippen molar-refractivity contribution in [2.45, 2.75) is 26.2 Å². The average molecular weight is 602 g/mol. The zero-order chi connectivity index (χ0) is 31.3. The van der Waals surface area contributed by atoms with Crippen molar-refractivity contribution in [2.24, 2.45) is 11.8 Å². The second-order valence-electron chi connectivity index (χ2n) is 10.4. The third kappa shape index (κ3) is 9.70. The Morgan fingerprint density at radius 1 is 0.818 bits per heavy atom. The van der Waals surface area contributed by atoms with Gasteiger partial charge in [-0.3, -0.25) is 9.69 Å². The number of hydrogen-bond acceptors (Lipinski definition) is 7. The zero-order valence-corrected chi connectivity index (χ0v) is 24.1. The number of carboxylic acids is 2. The molecule has 11 heteroatoms. The molecule has 2 fully saturated rings. The van der Waals surface area contributed by atoms with Gasteiger partial charge in [0.15, 0.2) is 11.5 Å². The SMILES string of the molecule is O=C(NCc1ccc(OCc2ccccc2)c(OCc2ccccc2)c1)N1CC2CNCC(C2)C1=O.O=C(O)/C=C/C(=O)O. The summed E-state index contributed by atoms with van der Waals surface area (Å²) in [4.78, 5) is 46.0. The molecule has 2 heterocycles. The fourth-order valence-electron chi connectivity index (χ4n) is 4.89. The van der Waals surface area contributed by atoms with Crippen LogP contribution in [0.4, 0.5) is 4.79 Å². The lowest BCUT2D eigenvalue weighted by Crippen LogP contribution is -2.58. The molecule has 2 unspecified atom stereocenters. The molecule has 2 saturated heterocycles. The maximum absolute atomic E-state index is 12.9. The number of hydrogen-bond donors (Lipinski definition) is 4. The molecule has 2 bridgehead atoms. The van der Waals surface area contributed by atoms with Crippen LogP contribution in [0.1, 0.15) is 23.1 Å². The van der Waals surface area contributed by atoms with Crippen molar-refractivity contribution in [3.8, 4) is 11.5 Å². The van der Waals surface area contributed by atoms with Crippen molar-refractivity contribution in [3.63, 3.8) is 0 Å². The molecule has 11 nitrogen and oxygen atoms in total. The molecule has 0 aromatic heterocycles. The van der Waals surface area contributed by atoms with Crippen molar-refractivity contribution in [2.75, 3.05) is 19.6 Å². The van der Waals surface area contributed by atoms with Gasteiger partial charge in [0.1, 0.15) is 13.2 Å². The lowest BCUT2D eigenvalue weighted by molar-refractivity contribution is -0.137. The van der Waals surface area contributed by atoms with Gasteiger partial charge < -0.3 is 30.3 Å². The van der Waals surface area contributed by atoms with Crippen LogP contribution >= 0.6 is 0 Å². The summed E-state index contributed by atoms with van der Waals surface area (Å²) in [5.41, 5.74) is 2.98. The van der Waals surface area contributed by atoms with E-state index < -0.39 is 11.9 Å². The monoisotopic (exact) mass is 601 g/mol. The summed E-state index contributed by atoms with van der Waals surface area (Å²) in [6.07, 6.45) is 1.98. The number of urea groups is 1. The van der Waals surface area contributed by atoms with Crippen LogP contribution < -0.4 is 20.1 Å². The number of carboxylic acid groups (broad SMARTS) is 2. The highest BCUT2D eigenvalue weighted by Crippen LogP contribution is 2.30. The first-order valence-electron chi connectivity index (χ1n) is 14.2. The van der Waals surface area contributed by atoms with E-state index in [4.69, 9.17) is 19.7 Å². The smallest absolute Gasteiger partial charge is 0.328 e. The first-order chi connectivity index (χ1) is 21.3. The average Bonchev–Trinajstić information content (AvgIpc) is 3.04. The number of amides is 3. The maximum atomic E-state index is 12.9. The predicted molar refractivity (Wildman–Crippen MR) is 161 cm³/mol. The number of piperidine rings is 2. The Morgan fingerprint density at radius 2 is 1.41 bits per heavy atom. The van der Waals surface area contributed by atoms with Crippen LogP contribution in [0, 0.1) is 11.8 Å². The molecule has 0 spiro atoms. The van der Waals surface area contributed by atoms with Gasteiger partial charge in [0, 0.05) is 31.8 Å². The third-order valence-electron chi connectivity index (χ3n) is 7.04. The van der Waals surface area contributed by atoms with Crippen LogP contribution in [0.15, 0.2) is 91.0 Å². The molecule has 4 N–H and O–H groups in total. The van der Waals surface area contributed by atoms with Gasteiger partial charge in [-0.1, -0.05) is 66.7 Å². The van der Waals surface area contributed by atoms with Crippen molar-refractivity contribution >= 4 is 23.9 Å². The molecule has 3 aromatic rings. The molecule has 2 aliphatic rings. The number of fused-ring (bicyclic) bond motifs is 2. The van der Waals surface area contributed by atoms with Gasteiger partial charge in [0.2, 0.25) is 5.91 Å². The van der Waals surface area contributed by atoms with Crippen molar-refractivity contribution in [1.82, 2.24) is 15.5 Å². The van der Waals surface area contributed by atoms with Crippen LogP contribution in [-0.2, 0) is 34.1 Å². The summed E-state index contributed by atoms with van der Waals surface area (Å²) >= 11 is 0. The Bertz CT molecular complexity index is 1450. The Hall–Kier alpha value is -5.16. The number of nitrogens with zero attached hydrogens (tertiary/aromatic N) is 1. The fraction of sp³-hybridized carbons (Fsp3) is 0.273. The molecule has 5 rings (SSSR count). The Morgan fingerprint density at radius 3 is 2.00 bits per heavy atom. The minimum Gasteiger partial charge on any atom is -0.485 e. The van der Waals surface area contributed by atoms with Gasteiger partial charge in [-0.15, -0.1) is 0 Å². The molecule has 230 valence electrons. The van der Waals surface area contributed by atoms with Crippen molar-refractivity contribution < 1.29 is 38.9 Å². The molecule has 3 amide bonds. The normalized spacial score (nSPS) is 17.3. The molecule has 0 saturated carbocycles. The standard InChI is InChI=1S/C29H31N3O4.C4H4O4/c33-28-25-13-24(15-30-17-25)18-32(28)29(34)31-16-23-11-12-26(35-19-21-7-3-1-4-8-21)27(14-23)36-20-22-9-5-2-6-10-22;5-3(6)1-2-4(7)8/h1-12,14,24-25,30H,13,15-20H2,(H,31,34);1-2H,(H,5,6)(H,7,8)/b;2-1+. The second kappa shape index (κ2) is 15.9. The first-order valence-corrected chi connectivity index (χ1v) is 14.2. The molecule has 3 aromatic carbocycles. The summed E-state index contributed by atoms with van der Waals surface area (Å²) in [6, 6.07) is 25.2. The number of aliphatic carboxylic acids is 2. The van der Waals surface area contributed by atoms with E-state index in [1.807, 2.05) is 78.9 Å². The lowest BCUT2D eigenvalue weighted by atomic mass is 9.85. The summed E-state index contributed by atoms with van der Waals surface area (Å²) in [5.74, 6) is -1.15. The predicted octanol–water partition coefficient (Wildman–Crippen LogP) is 3.83. The van der Waals surface area contributed by atoms with E-state index in [9.17, 15) is 19.2 Å². The third-order valence-corrected chi connectivity index (χ3v) is 7.04. The number of carbonyl (C=O) groups is 4. The topological polar surface area (TPSA) is 154 Å². The van der Waals surface area contributed by atoms with Gasteiger partial charge in [0.05, 0.1) is 5.92 Å². The van der Waals surface area contributed by atoms with E-state index in [0.29, 0.717) is 55.9 Å². The van der Waals surface area contributed by atoms with Gasteiger partial charge in [0.25, 0.3) is 0 Å². The van der Waals surface area contributed by atoms with E-state index in [-0.39, 0.29) is 24.4 Å². The maximum Gasteiger partial charge on any atom is 0.328 e. The number of benzene rings is 3. The van der Waals surface area contributed by atoms with E-state index in [0.717, 1.165) is 29.7 Å². The molecule has 0 radical (unpaired) electrons. The quantitative estimate of drug-likeness (QED) is 0.254. The number of nitrogens with one attached hydrogen (secondary N) is 2. The summed E-state index contributed by atoms with van der Waals surface area (Å²) in [6.45, 7) is 3.07. The van der Waals surface area contributed by atoms with Crippen LogP contribution in [0.25, 0.3) is 0 Å². The number of rotatable bonds is 10. The zero-order valence-electron chi connectivity index (χ0n) is 24.1. The minimum atomic E-state index is -1.26. The van der Waals surface area contributed by atoms with Crippen LogP contribution in [-0.4, -0.2) is 58.6 Å². The van der Waals surface area contributed by atoms with Gasteiger partial charge in [-0.05, 0) is 47.7 Å². The van der Waals surface area contributed by atoms with Crippen molar-refractivity contribution in [1.29, 1.82) is 0 Å². The molecule has 44 heavy (non-hydrogen) atoms. The highest BCUT2D eigenvalue weighted by molar-refractivity contribution is 5.96. The number of carbonyl (C=O) groups excluding carboxylic acids is 2. The van der Waals surface area contributed by atoms with Crippen LogP contribution in [0.5, 0.6) is 11.5 Å². The molecular formula is C33H35N3O8. The van der Waals surface area contributed by atoms with E-state index in [2.05, 4.69) is 10.6 Å². The van der Waals surface area contributed by atoms with Gasteiger partial charge in [-0.2, -0.15) is 0 Å². The van der Waals surface area contributed by atoms with Crippen LogP contribution in [0.3, 0.4) is 0 Å². The van der Waals surface area contributed by atoms with E-state index >= 15 is 0 Å². The Balaban J connectivity index is 0.000000488. The molecule has 2 aliphatic heterocycles. The summed E-state index contributed by atoms with van der Waals surface area (Å²) in [5, 5.41) is 21.8. The Labute approximate surface area is 255 Å². The van der Waals surface area contributed by atoms with E-state index in [1.165, 1.54) is 4.90 Å². The number of likely N-dealkylation sites (tertiary alicyclic amines) is 1. The highest BCUT2D eigenvalue weighted by atomic mass is 16.5. The summed E-state index contributed by atoms with van der Waals surface area (Å²) in [7, 11) is 0. The molecule has 0 aliphatic carbocycles. The fourth-order valence-corrected chi connectivity index (χ4v) is 4.89. The molecule has 2 atom stereocenters. The van der Waals surface area contributed by atoms with Crippen LogP contribution in [0.2, 0.25) is 0 Å². The van der Waals surface area contributed by atoms with Crippen molar-refractivity contribution in [3.05, 3.63) is 108 Å². The Kier molecular flexibility index (Phi) is 11.5. The van der Waals surface area contributed by atoms with Gasteiger partial charge >= 0.3 is 18.0 Å². The number of imide groups is 1. The largest absolute Gasteiger partial charge is 0.485 e. The van der Waals surface area contributed by atoms with Gasteiger partial charge in [-0.25, -0.2) is 14.4 Å².